The van der Waals surface area contributed by atoms with Gasteiger partial charge in [-0.2, -0.15) is 16.8 Å². The molecule has 0 atom stereocenters. The predicted octanol–water partition coefficient (Wildman–Crippen LogP) is 1.95. The highest BCUT2D eigenvalue weighted by atomic mass is 32.3. The molecule has 0 bridgehead atoms. The van der Waals surface area contributed by atoms with E-state index in [9.17, 15) is 16.8 Å². The van der Waals surface area contributed by atoms with Gasteiger partial charge in [0.2, 0.25) is 0 Å². The van der Waals surface area contributed by atoms with E-state index in [0.29, 0.717) is 5.39 Å². The summed E-state index contributed by atoms with van der Waals surface area (Å²) in [7, 11) is -9.81. The van der Waals surface area contributed by atoms with Gasteiger partial charge in [0.15, 0.2) is 11.5 Å². The number of pyridine rings is 1. The third-order valence-corrected chi connectivity index (χ3v) is 4.18. The van der Waals surface area contributed by atoms with Crippen LogP contribution in [0.3, 0.4) is 0 Å². The lowest BCUT2D eigenvalue weighted by atomic mass is 10.2. The van der Waals surface area contributed by atoms with Crippen LogP contribution in [0.25, 0.3) is 10.9 Å². The van der Waals surface area contributed by atoms with Gasteiger partial charge in [-0.05, 0) is 31.8 Å². The minimum Gasteiger partial charge on any atom is -0.358 e. The van der Waals surface area contributed by atoms with Gasteiger partial charge < -0.3 is 13.3 Å². The highest BCUT2D eigenvalue weighted by Crippen LogP contribution is 2.33. The van der Waals surface area contributed by atoms with Gasteiger partial charge in [0.05, 0.1) is 5.52 Å². The fourth-order valence-electron chi connectivity index (χ4n) is 2.11. The molecule has 12 heteroatoms. The molecule has 10 nitrogen and oxygen atoms in total. The molecule has 0 unspecified atom stereocenters. The van der Waals surface area contributed by atoms with Crippen molar-refractivity contribution in [1.82, 2.24) is 9.88 Å². The number of hydrogen-bond donors (Lipinski definition) is 2. The molecule has 1 aromatic heterocycles. The summed E-state index contributed by atoms with van der Waals surface area (Å²) in [5.74, 6) is -1.26. The molecule has 0 radical (unpaired) electrons. The molecular formula is C15H22N2O8S2. The minimum absolute atomic E-state index is 0.258. The molecule has 0 spiro atoms. The van der Waals surface area contributed by atoms with Crippen molar-refractivity contribution in [1.29, 1.82) is 0 Å². The maximum atomic E-state index is 10.7. The second-order valence-corrected chi connectivity index (χ2v) is 7.18. The summed E-state index contributed by atoms with van der Waals surface area (Å²) in [5, 5.41) is 0.397. The van der Waals surface area contributed by atoms with Gasteiger partial charge in [-0.3, -0.25) is 14.1 Å². The van der Waals surface area contributed by atoms with Crippen molar-refractivity contribution >= 4 is 31.7 Å². The summed E-state index contributed by atoms with van der Waals surface area (Å²) >= 11 is 0. The summed E-state index contributed by atoms with van der Waals surface area (Å²) in [6, 6.07) is 5.19. The van der Waals surface area contributed by atoms with E-state index in [1.165, 1.54) is 31.9 Å². The SMILES string of the molecule is CCN(CC)CC.O=S(=O)(O)Oc1cc2cccnc2cc1OS(=O)(=O)O. The molecule has 0 aliphatic carbocycles. The first-order chi connectivity index (χ1) is 12.5. The van der Waals surface area contributed by atoms with Crippen LogP contribution in [0, 0.1) is 0 Å². The van der Waals surface area contributed by atoms with Crippen LogP contribution in [0.4, 0.5) is 0 Å². The summed E-state index contributed by atoms with van der Waals surface area (Å²) < 4.78 is 68.4. The topological polar surface area (TPSA) is 143 Å². The van der Waals surface area contributed by atoms with Gasteiger partial charge in [-0.1, -0.05) is 26.8 Å². The Kier molecular flexibility index (Phi) is 8.37. The Labute approximate surface area is 158 Å². The van der Waals surface area contributed by atoms with Crippen LogP contribution in [0.5, 0.6) is 11.5 Å². The summed E-state index contributed by atoms with van der Waals surface area (Å²) in [4.78, 5) is 6.26. The van der Waals surface area contributed by atoms with Crippen LogP contribution in [-0.4, -0.2) is 55.5 Å². The van der Waals surface area contributed by atoms with E-state index < -0.39 is 32.3 Å². The van der Waals surface area contributed by atoms with E-state index in [-0.39, 0.29) is 5.52 Å². The molecule has 152 valence electrons. The third kappa shape index (κ3) is 8.49. The van der Waals surface area contributed by atoms with Crippen molar-refractivity contribution in [2.45, 2.75) is 20.8 Å². The molecule has 0 amide bonds. The molecule has 0 aliphatic rings. The number of aromatic nitrogens is 1. The molecule has 0 saturated carbocycles. The van der Waals surface area contributed by atoms with E-state index in [4.69, 9.17) is 9.11 Å². The van der Waals surface area contributed by atoms with Gasteiger partial charge >= 0.3 is 20.8 Å². The van der Waals surface area contributed by atoms with Crippen LogP contribution in [0.1, 0.15) is 20.8 Å². The standard InChI is InChI=1S/C9H7NO8S2.C6H15N/c11-19(12,13)17-8-4-6-2-1-3-10-7(6)5-9(8)18-20(14,15)16;1-4-7(5-2)6-3/h1-5H,(H,11,12,13)(H,14,15,16);4-6H2,1-3H3. The van der Waals surface area contributed by atoms with E-state index in [1.807, 2.05) is 0 Å². The van der Waals surface area contributed by atoms with Crippen molar-refractivity contribution in [3.63, 3.8) is 0 Å². The molecule has 2 rings (SSSR count). The van der Waals surface area contributed by atoms with Crippen LogP contribution in [0.2, 0.25) is 0 Å². The maximum absolute atomic E-state index is 10.7. The Morgan fingerprint density at radius 2 is 1.41 bits per heavy atom. The zero-order chi connectivity index (χ0) is 20.7. The van der Waals surface area contributed by atoms with Gasteiger partial charge in [-0.25, -0.2) is 0 Å². The number of benzene rings is 1. The average Bonchev–Trinajstić information content (AvgIpc) is 2.55. The van der Waals surface area contributed by atoms with Crippen LogP contribution >= 0.6 is 0 Å². The Balaban J connectivity index is 0.000000445. The predicted molar refractivity (Wildman–Crippen MR) is 99.6 cm³/mol. The van der Waals surface area contributed by atoms with Crippen molar-refractivity contribution in [3.05, 3.63) is 30.5 Å². The Hall–Kier alpha value is -1.99. The van der Waals surface area contributed by atoms with Gasteiger partial charge in [-0.15, -0.1) is 0 Å². The van der Waals surface area contributed by atoms with E-state index in [2.05, 4.69) is 39.0 Å². The summed E-state index contributed by atoms with van der Waals surface area (Å²) in [5.41, 5.74) is 0.258. The zero-order valence-corrected chi connectivity index (χ0v) is 16.7. The number of hydrogen-bond acceptors (Lipinski definition) is 8. The molecule has 27 heavy (non-hydrogen) atoms. The Bertz CT molecular complexity index is 879. The second kappa shape index (κ2) is 9.80. The smallest absolute Gasteiger partial charge is 0.358 e. The molecule has 1 heterocycles. The highest BCUT2D eigenvalue weighted by Gasteiger charge is 2.18. The molecule has 0 aliphatic heterocycles. The monoisotopic (exact) mass is 422 g/mol. The lowest BCUT2D eigenvalue weighted by molar-refractivity contribution is 0.321. The molecule has 0 saturated heterocycles. The van der Waals surface area contributed by atoms with Crippen molar-refractivity contribution < 1.29 is 34.3 Å². The van der Waals surface area contributed by atoms with Crippen molar-refractivity contribution in [2.24, 2.45) is 0 Å². The van der Waals surface area contributed by atoms with Gasteiger partial charge in [0, 0.05) is 17.6 Å². The van der Waals surface area contributed by atoms with Crippen LogP contribution in [0.15, 0.2) is 30.5 Å². The third-order valence-electron chi connectivity index (χ3n) is 3.40. The molecule has 2 N–H and O–H groups in total. The minimum atomic E-state index is -4.91. The lowest BCUT2D eigenvalue weighted by Gasteiger charge is -2.13. The number of rotatable bonds is 7. The van der Waals surface area contributed by atoms with E-state index >= 15 is 0 Å². The zero-order valence-electron chi connectivity index (χ0n) is 15.1. The average molecular weight is 422 g/mol. The fourth-order valence-corrected chi connectivity index (χ4v) is 2.82. The number of nitrogens with zero attached hydrogens (tertiary/aromatic N) is 2. The molecule has 0 fully saturated rings. The van der Waals surface area contributed by atoms with Crippen LogP contribution < -0.4 is 8.37 Å². The summed E-state index contributed by atoms with van der Waals surface area (Å²) in [6.07, 6.45) is 1.41. The Morgan fingerprint density at radius 3 is 1.81 bits per heavy atom. The van der Waals surface area contributed by atoms with Crippen LogP contribution in [-0.2, 0) is 20.8 Å². The van der Waals surface area contributed by atoms with E-state index in [0.717, 1.165) is 12.1 Å². The maximum Gasteiger partial charge on any atom is 0.446 e. The molecule has 2 aromatic rings. The second-order valence-electron chi connectivity index (χ2n) is 5.14. The molecular weight excluding hydrogens is 400 g/mol. The molecule has 1 aromatic carbocycles. The van der Waals surface area contributed by atoms with E-state index in [1.54, 1.807) is 6.07 Å². The largest absolute Gasteiger partial charge is 0.446 e. The lowest BCUT2D eigenvalue weighted by Crippen LogP contribution is -2.21. The first-order valence-electron chi connectivity index (χ1n) is 7.94. The van der Waals surface area contributed by atoms with Crippen molar-refractivity contribution in [2.75, 3.05) is 19.6 Å². The highest BCUT2D eigenvalue weighted by molar-refractivity contribution is 7.81. The van der Waals surface area contributed by atoms with Crippen molar-refractivity contribution in [3.8, 4) is 11.5 Å². The van der Waals surface area contributed by atoms with Gasteiger partial charge in [0.25, 0.3) is 0 Å². The van der Waals surface area contributed by atoms with Gasteiger partial charge in [0.1, 0.15) is 0 Å². The quantitative estimate of drug-likeness (QED) is 0.635. The normalized spacial score (nSPS) is 11.8. The fraction of sp³-hybridized carbons (Fsp3) is 0.400. The summed E-state index contributed by atoms with van der Waals surface area (Å²) in [6.45, 7) is 10.1. The first kappa shape index (κ1) is 23.0. The first-order valence-corrected chi connectivity index (χ1v) is 10.7. The Morgan fingerprint density at radius 1 is 0.926 bits per heavy atom. The number of fused-ring (bicyclic) bond motifs is 1.